The van der Waals surface area contributed by atoms with Crippen LogP contribution in [0, 0.1) is 12.8 Å². The lowest BCUT2D eigenvalue weighted by atomic mass is 9.88. The molecule has 2 aromatic rings. The molecule has 4 heteroatoms. The standard InChI is InChI=1S/C24H29NO3/c1-18-9-5-6-12-20(18)16-25(15-19-10-3-2-4-11-19)24(26)23-17-27-21-13-7-8-14-22(21)28-23/h5-9,12-14,19,23H,2-4,10-11,15-17H2,1H3/t23-/m0/s1. The number of rotatable bonds is 5. The van der Waals surface area contributed by atoms with Crippen molar-refractivity contribution in [2.24, 2.45) is 5.92 Å². The summed E-state index contributed by atoms with van der Waals surface area (Å²) in [5.41, 5.74) is 2.42. The maximum absolute atomic E-state index is 13.4. The highest BCUT2D eigenvalue weighted by Gasteiger charge is 2.32. The number of carbonyl (C=O) groups is 1. The molecule has 0 unspecified atom stereocenters. The zero-order chi connectivity index (χ0) is 19.3. The minimum Gasteiger partial charge on any atom is -0.485 e. The van der Waals surface area contributed by atoms with E-state index in [1.54, 1.807) is 0 Å². The van der Waals surface area contributed by atoms with Crippen LogP contribution in [0.2, 0.25) is 0 Å². The first-order valence-electron chi connectivity index (χ1n) is 10.4. The summed E-state index contributed by atoms with van der Waals surface area (Å²) in [7, 11) is 0. The Labute approximate surface area is 167 Å². The Morgan fingerprint density at radius 3 is 2.50 bits per heavy atom. The van der Waals surface area contributed by atoms with Gasteiger partial charge in [-0.25, -0.2) is 0 Å². The molecule has 0 bridgehead atoms. The lowest BCUT2D eigenvalue weighted by Gasteiger charge is -2.34. The molecule has 2 aromatic carbocycles. The minimum absolute atomic E-state index is 0.0309. The fraction of sp³-hybridized carbons (Fsp3) is 0.458. The molecule has 148 valence electrons. The molecular weight excluding hydrogens is 350 g/mol. The average Bonchev–Trinajstić information content (AvgIpc) is 2.74. The molecule has 1 amide bonds. The molecule has 1 fully saturated rings. The van der Waals surface area contributed by atoms with Crippen molar-refractivity contribution >= 4 is 5.91 Å². The van der Waals surface area contributed by atoms with Gasteiger partial charge < -0.3 is 14.4 Å². The Bertz CT molecular complexity index is 813. The minimum atomic E-state index is -0.581. The quantitative estimate of drug-likeness (QED) is 0.753. The number of hydrogen-bond acceptors (Lipinski definition) is 3. The number of ether oxygens (including phenoxy) is 2. The van der Waals surface area contributed by atoms with Crippen molar-refractivity contribution < 1.29 is 14.3 Å². The van der Waals surface area contributed by atoms with Gasteiger partial charge in [0.2, 0.25) is 6.10 Å². The summed E-state index contributed by atoms with van der Waals surface area (Å²) in [6, 6.07) is 15.9. The molecule has 1 heterocycles. The lowest BCUT2D eigenvalue weighted by molar-refractivity contribution is -0.142. The van der Waals surface area contributed by atoms with E-state index in [9.17, 15) is 4.79 Å². The van der Waals surface area contributed by atoms with E-state index >= 15 is 0 Å². The molecule has 0 radical (unpaired) electrons. The van der Waals surface area contributed by atoms with Crippen molar-refractivity contribution in [1.82, 2.24) is 4.90 Å². The van der Waals surface area contributed by atoms with E-state index in [0.717, 1.165) is 6.54 Å². The molecule has 1 aliphatic carbocycles. The first kappa shape index (κ1) is 18.9. The van der Waals surface area contributed by atoms with E-state index in [-0.39, 0.29) is 12.5 Å². The first-order valence-corrected chi connectivity index (χ1v) is 10.4. The Kier molecular flexibility index (Phi) is 5.84. The lowest BCUT2D eigenvalue weighted by Crippen LogP contribution is -2.47. The molecule has 4 nitrogen and oxygen atoms in total. The first-order chi connectivity index (χ1) is 13.7. The average molecular weight is 380 g/mol. The zero-order valence-electron chi connectivity index (χ0n) is 16.6. The number of aryl methyl sites for hydroxylation is 1. The van der Waals surface area contributed by atoms with Gasteiger partial charge >= 0.3 is 0 Å². The Balaban J connectivity index is 1.52. The largest absolute Gasteiger partial charge is 0.485 e. The summed E-state index contributed by atoms with van der Waals surface area (Å²) >= 11 is 0. The summed E-state index contributed by atoms with van der Waals surface area (Å²) < 4.78 is 11.8. The molecule has 2 aliphatic rings. The zero-order valence-corrected chi connectivity index (χ0v) is 16.6. The second-order valence-electron chi connectivity index (χ2n) is 8.01. The van der Waals surface area contributed by atoms with E-state index in [1.165, 1.54) is 43.2 Å². The molecule has 0 spiro atoms. The molecule has 0 N–H and O–H groups in total. The molecule has 28 heavy (non-hydrogen) atoms. The molecule has 1 saturated carbocycles. The van der Waals surface area contributed by atoms with E-state index in [4.69, 9.17) is 9.47 Å². The molecule has 1 aliphatic heterocycles. The van der Waals surface area contributed by atoms with E-state index < -0.39 is 6.10 Å². The Hall–Kier alpha value is -2.49. The topological polar surface area (TPSA) is 38.8 Å². The monoisotopic (exact) mass is 379 g/mol. The van der Waals surface area contributed by atoms with Crippen LogP contribution in [0.1, 0.15) is 43.2 Å². The Morgan fingerprint density at radius 1 is 1.00 bits per heavy atom. The van der Waals surface area contributed by atoms with Crippen LogP contribution in [0.4, 0.5) is 0 Å². The second-order valence-corrected chi connectivity index (χ2v) is 8.01. The predicted molar refractivity (Wildman–Crippen MR) is 110 cm³/mol. The summed E-state index contributed by atoms with van der Waals surface area (Å²) in [4.78, 5) is 15.4. The number of benzene rings is 2. The van der Waals surface area contributed by atoms with E-state index in [2.05, 4.69) is 19.1 Å². The maximum atomic E-state index is 13.4. The number of hydrogen-bond donors (Lipinski definition) is 0. The van der Waals surface area contributed by atoms with Crippen molar-refractivity contribution in [3.05, 3.63) is 59.7 Å². The van der Waals surface area contributed by atoms with Gasteiger partial charge in [0, 0.05) is 13.1 Å². The summed E-state index contributed by atoms with van der Waals surface area (Å²) in [6.07, 6.45) is 5.70. The summed E-state index contributed by atoms with van der Waals surface area (Å²) in [5.74, 6) is 1.98. The van der Waals surface area contributed by atoms with Gasteiger partial charge in [-0.1, -0.05) is 55.7 Å². The highest BCUT2D eigenvalue weighted by molar-refractivity contribution is 5.82. The third-order valence-corrected chi connectivity index (χ3v) is 5.92. The van der Waals surface area contributed by atoms with Crippen molar-refractivity contribution in [3.8, 4) is 11.5 Å². The number of amides is 1. The van der Waals surface area contributed by atoms with Gasteiger partial charge in [-0.3, -0.25) is 4.79 Å². The van der Waals surface area contributed by atoms with Crippen LogP contribution < -0.4 is 9.47 Å². The van der Waals surface area contributed by atoms with Gasteiger partial charge in [0.25, 0.3) is 5.91 Å². The van der Waals surface area contributed by atoms with Crippen LogP contribution in [0.25, 0.3) is 0 Å². The summed E-state index contributed by atoms with van der Waals surface area (Å²) in [5, 5.41) is 0. The van der Waals surface area contributed by atoms with Gasteiger partial charge in [0.15, 0.2) is 11.5 Å². The summed E-state index contributed by atoms with van der Waals surface area (Å²) in [6.45, 7) is 3.80. The van der Waals surface area contributed by atoms with E-state index in [0.29, 0.717) is 24.0 Å². The third-order valence-electron chi connectivity index (χ3n) is 5.92. The van der Waals surface area contributed by atoms with Crippen molar-refractivity contribution in [2.45, 2.75) is 51.7 Å². The molecule has 0 aromatic heterocycles. The Morgan fingerprint density at radius 2 is 1.71 bits per heavy atom. The van der Waals surface area contributed by atoms with Gasteiger partial charge in [-0.05, 0) is 48.9 Å². The van der Waals surface area contributed by atoms with Crippen LogP contribution in [0.3, 0.4) is 0 Å². The van der Waals surface area contributed by atoms with Crippen molar-refractivity contribution in [2.75, 3.05) is 13.2 Å². The van der Waals surface area contributed by atoms with Crippen molar-refractivity contribution in [3.63, 3.8) is 0 Å². The fourth-order valence-electron chi connectivity index (χ4n) is 4.25. The number of carbonyl (C=O) groups excluding carboxylic acids is 1. The highest BCUT2D eigenvalue weighted by Crippen LogP contribution is 2.32. The SMILES string of the molecule is Cc1ccccc1CN(CC1CCCCC1)C(=O)[C@@H]1COc2ccccc2O1. The van der Waals surface area contributed by atoms with Crippen LogP contribution in [0.15, 0.2) is 48.5 Å². The molecule has 0 saturated heterocycles. The van der Waals surface area contributed by atoms with Crippen LogP contribution in [-0.4, -0.2) is 30.1 Å². The van der Waals surface area contributed by atoms with Gasteiger partial charge in [-0.15, -0.1) is 0 Å². The predicted octanol–water partition coefficient (Wildman–Crippen LogP) is 4.74. The number of nitrogens with zero attached hydrogens (tertiary/aromatic N) is 1. The van der Waals surface area contributed by atoms with Crippen LogP contribution >= 0.6 is 0 Å². The van der Waals surface area contributed by atoms with Crippen LogP contribution in [-0.2, 0) is 11.3 Å². The van der Waals surface area contributed by atoms with Crippen LogP contribution in [0.5, 0.6) is 11.5 Å². The fourth-order valence-corrected chi connectivity index (χ4v) is 4.25. The number of fused-ring (bicyclic) bond motifs is 1. The third kappa shape index (κ3) is 4.32. The van der Waals surface area contributed by atoms with Gasteiger partial charge in [0.05, 0.1) is 0 Å². The van der Waals surface area contributed by atoms with Gasteiger partial charge in [-0.2, -0.15) is 0 Å². The molecule has 1 atom stereocenters. The van der Waals surface area contributed by atoms with E-state index in [1.807, 2.05) is 41.3 Å². The van der Waals surface area contributed by atoms with Gasteiger partial charge in [0.1, 0.15) is 6.61 Å². The van der Waals surface area contributed by atoms with Crippen molar-refractivity contribution in [1.29, 1.82) is 0 Å². The molecule has 4 rings (SSSR count). The highest BCUT2D eigenvalue weighted by atomic mass is 16.6. The smallest absolute Gasteiger partial charge is 0.267 e. The molecular formula is C24H29NO3. The second kappa shape index (κ2) is 8.68. The number of para-hydroxylation sites is 2. The maximum Gasteiger partial charge on any atom is 0.267 e. The normalized spacial score (nSPS) is 19.2.